The first-order valence-electron chi connectivity index (χ1n) is 4.41. The Morgan fingerprint density at radius 2 is 1.87 bits per heavy atom. The van der Waals surface area contributed by atoms with Gasteiger partial charge < -0.3 is 4.74 Å². The number of hydrogen-bond acceptors (Lipinski definition) is 4. The highest BCUT2D eigenvalue weighted by atomic mass is 32.2. The van der Waals surface area contributed by atoms with E-state index < -0.39 is 15.8 Å². The van der Waals surface area contributed by atoms with Crippen LogP contribution < -0.4 is 0 Å². The topological polar surface area (TPSA) is 60.4 Å². The van der Waals surface area contributed by atoms with Crippen LogP contribution in [0.25, 0.3) is 0 Å². The molecule has 0 bridgehead atoms. The number of sulfone groups is 1. The summed E-state index contributed by atoms with van der Waals surface area (Å²) in [6.45, 7) is 0. The Hall–Kier alpha value is -1.36. The summed E-state index contributed by atoms with van der Waals surface area (Å²) in [7, 11) is -2.13. The highest BCUT2D eigenvalue weighted by Crippen LogP contribution is 2.11. The molecular weight excluding hydrogens is 216 g/mol. The van der Waals surface area contributed by atoms with Crippen LogP contribution in [0.2, 0.25) is 0 Å². The normalized spacial score (nSPS) is 11.0. The predicted molar refractivity (Wildman–Crippen MR) is 55.1 cm³/mol. The van der Waals surface area contributed by atoms with Gasteiger partial charge in [0.25, 0.3) is 0 Å². The van der Waals surface area contributed by atoms with E-state index in [1.165, 1.54) is 19.2 Å². The van der Waals surface area contributed by atoms with Crippen LogP contribution >= 0.6 is 0 Å². The fourth-order valence-electron chi connectivity index (χ4n) is 1.07. The third kappa shape index (κ3) is 3.36. The van der Waals surface area contributed by atoms with Crippen molar-refractivity contribution in [2.75, 3.05) is 12.9 Å². The van der Waals surface area contributed by atoms with E-state index in [0.29, 0.717) is 0 Å². The van der Waals surface area contributed by atoms with E-state index in [4.69, 9.17) is 0 Å². The monoisotopic (exact) mass is 228 g/mol. The lowest BCUT2D eigenvalue weighted by Crippen LogP contribution is -2.12. The van der Waals surface area contributed by atoms with Gasteiger partial charge in [-0.2, -0.15) is 0 Å². The summed E-state index contributed by atoms with van der Waals surface area (Å²) in [5.41, 5.74) is 0. The van der Waals surface area contributed by atoms with Gasteiger partial charge in [-0.05, 0) is 12.1 Å². The van der Waals surface area contributed by atoms with Crippen LogP contribution in [0.15, 0.2) is 35.2 Å². The lowest BCUT2D eigenvalue weighted by Gasteiger charge is -2.02. The maximum atomic E-state index is 11.6. The zero-order valence-electron chi connectivity index (χ0n) is 8.34. The van der Waals surface area contributed by atoms with Crippen molar-refractivity contribution in [3.05, 3.63) is 30.3 Å². The van der Waals surface area contributed by atoms with Crippen LogP contribution in [0.1, 0.15) is 6.42 Å². The molecule has 0 saturated heterocycles. The van der Waals surface area contributed by atoms with Crippen LogP contribution in [0.5, 0.6) is 0 Å². The molecule has 0 atom stereocenters. The predicted octanol–water partition coefficient (Wildman–Crippen LogP) is 1.02. The highest BCUT2D eigenvalue weighted by Gasteiger charge is 2.15. The maximum absolute atomic E-state index is 11.6. The molecule has 0 heterocycles. The van der Waals surface area contributed by atoms with E-state index in [1.807, 2.05) is 0 Å². The van der Waals surface area contributed by atoms with E-state index in [2.05, 4.69) is 4.74 Å². The molecule has 4 nitrogen and oxygen atoms in total. The van der Waals surface area contributed by atoms with Gasteiger partial charge in [0, 0.05) is 0 Å². The van der Waals surface area contributed by atoms with Crippen molar-refractivity contribution < 1.29 is 17.9 Å². The van der Waals surface area contributed by atoms with Gasteiger partial charge >= 0.3 is 5.97 Å². The number of benzene rings is 1. The van der Waals surface area contributed by atoms with Crippen LogP contribution in [0.4, 0.5) is 0 Å². The van der Waals surface area contributed by atoms with Gasteiger partial charge in [0.15, 0.2) is 9.84 Å². The molecule has 15 heavy (non-hydrogen) atoms. The molecule has 0 aliphatic carbocycles. The molecule has 0 aromatic heterocycles. The van der Waals surface area contributed by atoms with Crippen LogP contribution in [0.3, 0.4) is 0 Å². The van der Waals surface area contributed by atoms with E-state index in [0.717, 1.165) is 0 Å². The molecule has 0 aliphatic heterocycles. The van der Waals surface area contributed by atoms with E-state index >= 15 is 0 Å². The van der Waals surface area contributed by atoms with Gasteiger partial charge in [-0.3, -0.25) is 4.79 Å². The minimum Gasteiger partial charge on any atom is -0.469 e. The third-order valence-corrected chi connectivity index (χ3v) is 3.64. The zero-order valence-corrected chi connectivity index (χ0v) is 9.16. The van der Waals surface area contributed by atoms with Gasteiger partial charge in [0.2, 0.25) is 0 Å². The second kappa shape index (κ2) is 4.93. The zero-order chi connectivity index (χ0) is 11.3. The van der Waals surface area contributed by atoms with Crippen LogP contribution in [-0.2, 0) is 19.4 Å². The van der Waals surface area contributed by atoms with Gasteiger partial charge in [0.1, 0.15) is 0 Å². The lowest BCUT2D eigenvalue weighted by atomic mass is 10.4. The summed E-state index contributed by atoms with van der Waals surface area (Å²) in [5, 5.41) is 0. The molecular formula is C10H12O4S. The Labute approximate surface area is 88.8 Å². The summed E-state index contributed by atoms with van der Waals surface area (Å²) in [6.07, 6.45) is -0.117. The van der Waals surface area contributed by atoms with Crippen molar-refractivity contribution >= 4 is 15.8 Å². The number of rotatable bonds is 4. The number of carbonyl (C=O) groups is 1. The molecule has 0 saturated carbocycles. The Balaban J connectivity index is 2.73. The van der Waals surface area contributed by atoms with Gasteiger partial charge in [0.05, 0.1) is 24.2 Å². The average Bonchev–Trinajstić information content (AvgIpc) is 2.27. The van der Waals surface area contributed by atoms with Gasteiger partial charge in [-0.25, -0.2) is 8.42 Å². The van der Waals surface area contributed by atoms with Crippen molar-refractivity contribution in [1.29, 1.82) is 0 Å². The Bertz CT molecular complexity index is 422. The molecule has 0 aliphatic rings. The summed E-state index contributed by atoms with van der Waals surface area (Å²) in [5.74, 6) is -0.738. The van der Waals surface area contributed by atoms with Gasteiger partial charge in [-0.1, -0.05) is 18.2 Å². The number of hydrogen-bond donors (Lipinski definition) is 0. The Morgan fingerprint density at radius 3 is 2.40 bits per heavy atom. The van der Waals surface area contributed by atoms with Crippen LogP contribution in [0, 0.1) is 0 Å². The fraction of sp³-hybridized carbons (Fsp3) is 0.300. The first-order chi connectivity index (χ1) is 7.06. The van der Waals surface area contributed by atoms with E-state index in [1.54, 1.807) is 18.2 Å². The molecule has 0 unspecified atom stereocenters. The first-order valence-corrected chi connectivity index (χ1v) is 6.06. The molecule has 0 spiro atoms. The minimum absolute atomic E-state index is 0.117. The molecule has 5 heteroatoms. The molecule has 1 aromatic rings. The van der Waals surface area contributed by atoms with Crippen molar-refractivity contribution in [2.24, 2.45) is 0 Å². The highest BCUT2D eigenvalue weighted by molar-refractivity contribution is 7.91. The second-order valence-corrected chi connectivity index (χ2v) is 5.07. The summed E-state index contributed by atoms with van der Waals surface area (Å²) >= 11 is 0. The van der Waals surface area contributed by atoms with Crippen molar-refractivity contribution in [1.82, 2.24) is 0 Å². The average molecular weight is 228 g/mol. The SMILES string of the molecule is COC(=O)CCS(=O)(=O)c1ccccc1. The summed E-state index contributed by atoms with van der Waals surface area (Å²) < 4.78 is 27.7. The molecule has 1 rings (SSSR count). The molecule has 0 N–H and O–H groups in total. The lowest BCUT2D eigenvalue weighted by molar-refractivity contribution is -0.140. The summed E-state index contributed by atoms with van der Waals surface area (Å²) in [4.78, 5) is 11.0. The van der Waals surface area contributed by atoms with Crippen molar-refractivity contribution in [3.8, 4) is 0 Å². The standard InChI is InChI=1S/C10H12O4S/c1-14-10(11)7-8-15(12,13)9-5-3-2-4-6-9/h2-6H,7-8H2,1H3. The Morgan fingerprint density at radius 1 is 1.27 bits per heavy atom. The number of ether oxygens (including phenoxy) is 1. The molecule has 82 valence electrons. The Kier molecular flexibility index (Phi) is 3.85. The number of esters is 1. The third-order valence-electron chi connectivity index (χ3n) is 1.90. The maximum Gasteiger partial charge on any atom is 0.306 e. The smallest absolute Gasteiger partial charge is 0.306 e. The minimum atomic E-state index is -3.37. The molecule has 1 aromatic carbocycles. The largest absolute Gasteiger partial charge is 0.469 e. The van der Waals surface area contributed by atoms with Crippen LogP contribution in [-0.4, -0.2) is 27.2 Å². The quantitative estimate of drug-likeness (QED) is 0.722. The first kappa shape index (κ1) is 11.7. The molecule has 0 radical (unpaired) electrons. The molecule has 0 amide bonds. The number of methoxy groups -OCH3 is 1. The number of carbonyl (C=O) groups excluding carboxylic acids is 1. The van der Waals surface area contributed by atoms with Crippen molar-refractivity contribution in [2.45, 2.75) is 11.3 Å². The second-order valence-electron chi connectivity index (χ2n) is 2.96. The van der Waals surface area contributed by atoms with E-state index in [-0.39, 0.29) is 17.1 Å². The fourth-order valence-corrected chi connectivity index (χ4v) is 2.31. The summed E-state index contributed by atoms with van der Waals surface area (Å²) in [6, 6.07) is 8.04. The van der Waals surface area contributed by atoms with E-state index in [9.17, 15) is 13.2 Å². The molecule has 0 fully saturated rings. The van der Waals surface area contributed by atoms with Crippen molar-refractivity contribution in [3.63, 3.8) is 0 Å². The van der Waals surface area contributed by atoms with Gasteiger partial charge in [-0.15, -0.1) is 0 Å².